The number of hydrogen-bond acceptors (Lipinski definition) is 3. The molecule has 4 rings (SSSR count). The van der Waals surface area contributed by atoms with E-state index in [1.807, 2.05) is 26.4 Å². The van der Waals surface area contributed by atoms with Crippen molar-refractivity contribution in [3.8, 4) is 0 Å². The fraction of sp³-hybridized carbons (Fsp3) is 0.412. The van der Waals surface area contributed by atoms with E-state index in [2.05, 4.69) is 45.0 Å². The second-order valence-corrected chi connectivity index (χ2v) is 5.31. The van der Waals surface area contributed by atoms with E-state index in [4.69, 9.17) is 0 Å². The van der Waals surface area contributed by atoms with E-state index in [0.29, 0.717) is 6.04 Å². The molecule has 1 fully saturated rings. The highest BCUT2D eigenvalue weighted by Crippen LogP contribution is 2.28. The van der Waals surface area contributed by atoms with E-state index in [1.165, 1.54) is 22.9 Å². The van der Waals surface area contributed by atoms with Gasteiger partial charge in [-0.3, -0.25) is 4.98 Å². The predicted octanol–water partition coefficient (Wildman–Crippen LogP) is 3.45. The van der Waals surface area contributed by atoms with E-state index >= 15 is 0 Å². The summed E-state index contributed by atoms with van der Waals surface area (Å²) in [6.07, 6.45) is 5.01. The first-order chi connectivity index (χ1) is 10.3. The fourth-order valence-electron chi connectivity index (χ4n) is 2.98. The van der Waals surface area contributed by atoms with Crippen molar-refractivity contribution in [2.24, 2.45) is 0 Å². The number of hydrogen-bond donors (Lipinski definition) is 1. The number of nitrogens with zero attached hydrogens (tertiary/aromatic N) is 3. The summed E-state index contributed by atoms with van der Waals surface area (Å²) >= 11 is 0. The molecular formula is C17H22N4. The lowest BCUT2D eigenvalue weighted by atomic mass is 10.1. The van der Waals surface area contributed by atoms with Crippen LogP contribution < -0.4 is 5.32 Å². The van der Waals surface area contributed by atoms with Crippen LogP contribution in [0.4, 0.5) is 0 Å². The average Bonchev–Trinajstić information content (AvgIpc) is 3.18. The topological polar surface area (TPSA) is 42.7 Å². The number of fused-ring (bicyclic) bond motifs is 3. The molecule has 1 aromatic carbocycles. The Balaban J connectivity index is 0.000000636. The van der Waals surface area contributed by atoms with Gasteiger partial charge < -0.3 is 9.88 Å². The zero-order chi connectivity index (χ0) is 14.8. The van der Waals surface area contributed by atoms with Crippen molar-refractivity contribution in [1.82, 2.24) is 19.9 Å². The number of aromatic nitrogens is 3. The van der Waals surface area contributed by atoms with Gasteiger partial charge in [0.2, 0.25) is 0 Å². The molecule has 4 heteroatoms. The van der Waals surface area contributed by atoms with Crippen molar-refractivity contribution in [2.75, 3.05) is 13.1 Å². The van der Waals surface area contributed by atoms with Crippen LogP contribution in [0.3, 0.4) is 0 Å². The molecule has 0 radical (unpaired) electrons. The monoisotopic (exact) mass is 282 g/mol. The minimum absolute atomic E-state index is 0.510. The standard InChI is InChI=1S/C15H16N4.C2H6/c1-10-2-3-13-12(6-10)15-14(8-17-13)18-9-19(15)11-4-5-16-7-11;1-2/h2-3,6,8-9,11,16H,4-5,7H2,1H3;1-2H3. The molecule has 4 nitrogen and oxygen atoms in total. The number of imidazole rings is 1. The van der Waals surface area contributed by atoms with E-state index < -0.39 is 0 Å². The Labute approximate surface area is 125 Å². The maximum atomic E-state index is 4.52. The van der Waals surface area contributed by atoms with Crippen molar-refractivity contribution in [3.05, 3.63) is 36.3 Å². The van der Waals surface area contributed by atoms with E-state index in [9.17, 15) is 0 Å². The van der Waals surface area contributed by atoms with Crippen LogP contribution in [-0.2, 0) is 0 Å². The van der Waals surface area contributed by atoms with Gasteiger partial charge in [-0.15, -0.1) is 0 Å². The Kier molecular flexibility index (Phi) is 3.88. The molecule has 1 aliphatic heterocycles. The van der Waals surface area contributed by atoms with Gasteiger partial charge in [-0.1, -0.05) is 25.5 Å². The SMILES string of the molecule is CC.Cc1ccc2ncc3ncn(C4CCNC4)c3c2c1. The van der Waals surface area contributed by atoms with Crippen LogP contribution in [0.25, 0.3) is 21.9 Å². The van der Waals surface area contributed by atoms with Gasteiger partial charge in [0.1, 0.15) is 5.52 Å². The molecule has 1 unspecified atom stereocenters. The molecule has 1 N–H and O–H groups in total. The van der Waals surface area contributed by atoms with Gasteiger partial charge in [-0.25, -0.2) is 4.98 Å². The summed E-state index contributed by atoms with van der Waals surface area (Å²) in [4.78, 5) is 9.01. The highest BCUT2D eigenvalue weighted by Gasteiger charge is 2.19. The van der Waals surface area contributed by atoms with Gasteiger partial charge >= 0.3 is 0 Å². The maximum absolute atomic E-state index is 4.52. The van der Waals surface area contributed by atoms with E-state index in [1.54, 1.807) is 0 Å². The molecule has 1 atom stereocenters. The third kappa shape index (κ3) is 2.40. The highest BCUT2D eigenvalue weighted by atomic mass is 15.1. The zero-order valence-electron chi connectivity index (χ0n) is 12.9. The van der Waals surface area contributed by atoms with Crippen LogP contribution in [0.2, 0.25) is 0 Å². The fourth-order valence-corrected chi connectivity index (χ4v) is 2.98. The third-order valence-electron chi connectivity index (χ3n) is 3.98. The summed E-state index contributed by atoms with van der Waals surface area (Å²) < 4.78 is 2.32. The number of rotatable bonds is 1. The van der Waals surface area contributed by atoms with Crippen LogP contribution in [-0.4, -0.2) is 27.6 Å². The minimum Gasteiger partial charge on any atom is -0.326 e. The third-order valence-corrected chi connectivity index (χ3v) is 3.98. The first-order valence-electron chi connectivity index (χ1n) is 7.75. The first kappa shape index (κ1) is 14.0. The van der Waals surface area contributed by atoms with Crippen molar-refractivity contribution in [1.29, 1.82) is 0 Å². The number of pyridine rings is 1. The summed E-state index contributed by atoms with van der Waals surface area (Å²) in [7, 11) is 0. The van der Waals surface area contributed by atoms with Crippen LogP contribution >= 0.6 is 0 Å². The molecule has 0 amide bonds. The molecule has 0 saturated carbocycles. The van der Waals surface area contributed by atoms with Crippen molar-refractivity contribution in [2.45, 2.75) is 33.2 Å². The van der Waals surface area contributed by atoms with Crippen molar-refractivity contribution < 1.29 is 0 Å². The lowest BCUT2D eigenvalue weighted by Crippen LogP contribution is -2.12. The van der Waals surface area contributed by atoms with Crippen LogP contribution in [0.15, 0.2) is 30.7 Å². The molecule has 0 bridgehead atoms. The molecule has 1 saturated heterocycles. The second kappa shape index (κ2) is 5.82. The Morgan fingerprint density at radius 3 is 2.81 bits per heavy atom. The summed E-state index contributed by atoms with van der Waals surface area (Å²) in [5.74, 6) is 0. The minimum atomic E-state index is 0.510. The number of aryl methyl sites for hydroxylation is 1. The van der Waals surface area contributed by atoms with Gasteiger partial charge in [-0.05, 0) is 32.0 Å². The molecule has 0 aliphatic carbocycles. The maximum Gasteiger partial charge on any atom is 0.107 e. The smallest absolute Gasteiger partial charge is 0.107 e. The number of benzene rings is 1. The molecule has 3 heterocycles. The Morgan fingerprint density at radius 1 is 1.19 bits per heavy atom. The molecule has 2 aromatic heterocycles. The van der Waals surface area contributed by atoms with Crippen LogP contribution in [0.1, 0.15) is 31.9 Å². The normalized spacial score (nSPS) is 18.0. The van der Waals surface area contributed by atoms with Crippen LogP contribution in [0, 0.1) is 6.92 Å². The van der Waals surface area contributed by atoms with Gasteiger partial charge in [0.05, 0.1) is 23.6 Å². The van der Waals surface area contributed by atoms with Crippen molar-refractivity contribution >= 4 is 21.9 Å². The highest BCUT2D eigenvalue weighted by molar-refractivity contribution is 6.02. The second-order valence-electron chi connectivity index (χ2n) is 5.31. The Bertz CT molecular complexity index is 754. The van der Waals surface area contributed by atoms with Crippen LogP contribution in [0.5, 0.6) is 0 Å². The Hall–Kier alpha value is -1.94. The quantitative estimate of drug-likeness (QED) is 0.743. The van der Waals surface area contributed by atoms with E-state index in [0.717, 1.165) is 24.1 Å². The largest absolute Gasteiger partial charge is 0.326 e. The number of nitrogens with one attached hydrogen (secondary N) is 1. The van der Waals surface area contributed by atoms with Crippen molar-refractivity contribution in [3.63, 3.8) is 0 Å². The van der Waals surface area contributed by atoms with Gasteiger partial charge in [0.25, 0.3) is 0 Å². The molecule has 110 valence electrons. The molecular weight excluding hydrogens is 260 g/mol. The lowest BCUT2D eigenvalue weighted by molar-refractivity contribution is 0.562. The summed E-state index contributed by atoms with van der Waals surface area (Å²) in [6, 6.07) is 6.93. The van der Waals surface area contributed by atoms with E-state index in [-0.39, 0.29) is 0 Å². The zero-order valence-corrected chi connectivity index (χ0v) is 12.9. The first-order valence-corrected chi connectivity index (χ1v) is 7.75. The average molecular weight is 282 g/mol. The van der Waals surface area contributed by atoms with Gasteiger partial charge in [0, 0.05) is 18.0 Å². The molecule has 21 heavy (non-hydrogen) atoms. The Morgan fingerprint density at radius 2 is 2.05 bits per heavy atom. The predicted molar refractivity (Wildman–Crippen MR) is 87.6 cm³/mol. The van der Waals surface area contributed by atoms with Gasteiger partial charge in [0.15, 0.2) is 0 Å². The lowest BCUT2D eigenvalue weighted by Gasteiger charge is -2.13. The molecule has 1 aliphatic rings. The molecule has 3 aromatic rings. The molecule has 0 spiro atoms. The summed E-state index contributed by atoms with van der Waals surface area (Å²) in [5, 5.41) is 4.63. The summed E-state index contributed by atoms with van der Waals surface area (Å²) in [6.45, 7) is 8.24. The van der Waals surface area contributed by atoms with Gasteiger partial charge in [-0.2, -0.15) is 0 Å². The summed E-state index contributed by atoms with van der Waals surface area (Å²) in [5.41, 5.74) is 4.53.